The number of amides is 1. The quantitative estimate of drug-likeness (QED) is 0.351. The third-order valence-corrected chi connectivity index (χ3v) is 5.94. The molecule has 34 heavy (non-hydrogen) atoms. The number of anilines is 1. The molecule has 0 spiro atoms. The Morgan fingerprint density at radius 1 is 0.882 bits per heavy atom. The number of nitrogens with zero attached hydrogens (tertiary/aromatic N) is 3. The second-order valence-corrected chi connectivity index (χ2v) is 8.05. The van der Waals surface area contributed by atoms with Crippen LogP contribution in [0, 0.1) is 0 Å². The van der Waals surface area contributed by atoms with Crippen LogP contribution in [0.25, 0.3) is 17.1 Å². The third kappa shape index (κ3) is 5.15. The zero-order valence-electron chi connectivity index (χ0n) is 19.0. The van der Waals surface area contributed by atoms with Gasteiger partial charge in [0, 0.05) is 17.3 Å². The van der Waals surface area contributed by atoms with Crippen LogP contribution in [-0.4, -0.2) is 47.8 Å². The molecule has 8 nitrogen and oxygen atoms in total. The first kappa shape index (κ1) is 23.2. The molecule has 0 saturated heterocycles. The molecular weight excluding hydrogens is 452 g/mol. The minimum atomic E-state index is -0.193. The predicted octanol–water partition coefficient (Wildman–Crippen LogP) is 4.69. The topological polar surface area (TPSA) is 87.5 Å². The van der Waals surface area contributed by atoms with E-state index in [2.05, 4.69) is 15.5 Å². The second kappa shape index (κ2) is 10.8. The molecule has 4 aromatic rings. The lowest BCUT2D eigenvalue weighted by Gasteiger charge is -2.12. The summed E-state index contributed by atoms with van der Waals surface area (Å²) in [5.41, 5.74) is 2.35. The van der Waals surface area contributed by atoms with Crippen molar-refractivity contribution in [2.75, 3.05) is 32.4 Å². The average molecular weight is 477 g/mol. The van der Waals surface area contributed by atoms with Gasteiger partial charge in [-0.2, -0.15) is 0 Å². The first-order valence-electron chi connectivity index (χ1n) is 10.4. The second-order valence-electron chi connectivity index (χ2n) is 7.11. The van der Waals surface area contributed by atoms with Gasteiger partial charge in [-0.3, -0.25) is 9.36 Å². The summed E-state index contributed by atoms with van der Waals surface area (Å²) in [7, 11) is 4.75. The molecule has 0 fully saturated rings. The molecule has 9 heteroatoms. The van der Waals surface area contributed by atoms with Crippen molar-refractivity contribution < 1.29 is 19.0 Å². The Balaban J connectivity index is 1.56. The van der Waals surface area contributed by atoms with E-state index in [1.165, 1.54) is 11.8 Å². The van der Waals surface area contributed by atoms with E-state index in [0.717, 1.165) is 17.0 Å². The van der Waals surface area contributed by atoms with Crippen LogP contribution in [0.4, 0.5) is 5.69 Å². The Bertz CT molecular complexity index is 1260. The van der Waals surface area contributed by atoms with E-state index in [9.17, 15) is 4.79 Å². The maximum atomic E-state index is 12.7. The Morgan fingerprint density at radius 3 is 2.26 bits per heavy atom. The number of nitrogens with one attached hydrogen (secondary N) is 1. The van der Waals surface area contributed by atoms with Crippen LogP contribution in [0.3, 0.4) is 0 Å². The van der Waals surface area contributed by atoms with E-state index in [1.807, 2.05) is 59.2 Å². The van der Waals surface area contributed by atoms with Crippen molar-refractivity contribution in [2.24, 2.45) is 0 Å². The number of thioether (sulfide) groups is 1. The maximum Gasteiger partial charge on any atom is 0.234 e. The zero-order chi connectivity index (χ0) is 23.9. The number of hydrogen-bond donors (Lipinski definition) is 1. The Morgan fingerprint density at radius 2 is 1.59 bits per heavy atom. The average Bonchev–Trinajstić information content (AvgIpc) is 3.32. The van der Waals surface area contributed by atoms with Crippen molar-refractivity contribution >= 4 is 23.4 Å². The molecule has 174 valence electrons. The summed E-state index contributed by atoms with van der Waals surface area (Å²) < 4.78 is 17.8. The highest BCUT2D eigenvalue weighted by atomic mass is 32.2. The van der Waals surface area contributed by atoms with Crippen LogP contribution in [0.1, 0.15) is 0 Å². The molecule has 0 radical (unpaired) electrons. The highest BCUT2D eigenvalue weighted by molar-refractivity contribution is 7.99. The number of carbonyl (C=O) groups excluding carboxylic acids is 1. The fourth-order valence-corrected chi connectivity index (χ4v) is 4.07. The van der Waals surface area contributed by atoms with Crippen molar-refractivity contribution in [3.05, 3.63) is 72.8 Å². The molecule has 0 atom stereocenters. The van der Waals surface area contributed by atoms with Crippen molar-refractivity contribution in [3.63, 3.8) is 0 Å². The molecular formula is C25H24N4O4S. The van der Waals surface area contributed by atoms with Gasteiger partial charge in [-0.05, 0) is 48.5 Å². The summed E-state index contributed by atoms with van der Waals surface area (Å²) in [6.07, 6.45) is 0. The first-order valence-corrected chi connectivity index (χ1v) is 11.4. The molecule has 1 aromatic heterocycles. The summed E-state index contributed by atoms with van der Waals surface area (Å²) in [5, 5.41) is 12.3. The molecule has 0 aliphatic carbocycles. The van der Waals surface area contributed by atoms with Crippen molar-refractivity contribution in [1.29, 1.82) is 0 Å². The van der Waals surface area contributed by atoms with Gasteiger partial charge in [0.2, 0.25) is 5.91 Å². The number of benzene rings is 3. The highest BCUT2D eigenvalue weighted by Gasteiger charge is 2.18. The number of methoxy groups -OCH3 is 3. The number of hydrogen-bond acceptors (Lipinski definition) is 7. The van der Waals surface area contributed by atoms with Crippen molar-refractivity contribution in [3.8, 4) is 34.3 Å². The molecule has 1 amide bonds. The van der Waals surface area contributed by atoms with Gasteiger partial charge in [0.15, 0.2) is 11.0 Å². The van der Waals surface area contributed by atoms with Gasteiger partial charge < -0.3 is 19.5 Å². The number of ether oxygens (including phenoxy) is 3. The number of para-hydroxylation sites is 1. The summed E-state index contributed by atoms with van der Waals surface area (Å²) in [4.78, 5) is 12.7. The van der Waals surface area contributed by atoms with E-state index in [0.29, 0.717) is 28.2 Å². The van der Waals surface area contributed by atoms with Gasteiger partial charge in [0.25, 0.3) is 0 Å². The van der Waals surface area contributed by atoms with Crippen LogP contribution in [-0.2, 0) is 4.79 Å². The fourth-order valence-electron chi connectivity index (χ4n) is 3.32. The third-order valence-electron chi connectivity index (χ3n) is 5.01. The van der Waals surface area contributed by atoms with Crippen LogP contribution in [0.5, 0.6) is 17.2 Å². The standard InChI is InChI=1S/C25H24N4O4S/c1-31-19-11-9-17(10-12-19)24-27-28-25(29(24)18-7-5-4-6-8-18)34-16-23(30)26-21-14-13-20(32-2)15-22(21)33-3/h4-15H,16H2,1-3H3,(H,26,30). The molecule has 1 heterocycles. The van der Waals surface area contributed by atoms with Gasteiger partial charge >= 0.3 is 0 Å². The van der Waals surface area contributed by atoms with E-state index in [-0.39, 0.29) is 11.7 Å². The number of aromatic nitrogens is 3. The van der Waals surface area contributed by atoms with Gasteiger partial charge in [-0.15, -0.1) is 10.2 Å². The van der Waals surface area contributed by atoms with Crippen LogP contribution >= 0.6 is 11.8 Å². The lowest BCUT2D eigenvalue weighted by molar-refractivity contribution is -0.113. The minimum absolute atomic E-state index is 0.142. The summed E-state index contributed by atoms with van der Waals surface area (Å²) in [6.45, 7) is 0. The molecule has 0 bridgehead atoms. The van der Waals surface area contributed by atoms with Gasteiger partial charge in [0.1, 0.15) is 17.2 Å². The van der Waals surface area contributed by atoms with Crippen LogP contribution in [0.2, 0.25) is 0 Å². The number of carbonyl (C=O) groups is 1. The molecule has 4 rings (SSSR count). The Kier molecular flexibility index (Phi) is 7.34. The maximum absolute atomic E-state index is 12.7. The van der Waals surface area contributed by atoms with Crippen LogP contribution < -0.4 is 19.5 Å². The van der Waals surface area contributed by atoms with Gasteiger partial charge in [-0.1, -0.05) is 30.0 Å². The molecule has 3 aromatic carbocycles. The Hall–Kier alpha value is -3.98. The van der Waals surface area contributed by atoms with Crippen LogP contribution in [0.15, 0.2) is 78.0 Å². The van der Waals surface area contributed by atoms with Crippen molar-refractivity contribution in [1.82, 2.24) is 14.8 Å². The molecule has 1 N–H and O–H groups in total. The predicted molar refractivity (Wildman–Crippen MR) is 132 cm³/mol. The molecule has 0 unspecified atom stereocenters. The molecule has 0 saturated carbocycles. The SMILES string of the molecule is COc1ccc(-c2nnc(SCC(=O)Nc3ccc(OC)cc3OC)n2-c2ccccc2)cc1. The normalized spacial score (nSPS) is 10.6. The van der Waals surface area contributed by atoms with E-state index >= 15 is 0 Å². The lowest BCUT2D eigenvalue weighted by atomic mass is 10.2. The summed E-state index contributed by atoms with van der Waals surface area (Å²) in [5.74, 6) is 2.55. The largest absolute Gasteiger partial charge is 0.497 e. The molecule has 0 aliphatic rings. The van der Waals surface area contributed by atoms with E-state index < -0.39 is 0 Å². The van der Waals surface area contributed by atoms with Gasteiger partial charge in [0.05, 0.1) is 32.8 Å². The zero-order valence-corrected chi connectivity index (χ0v) is 19.8. The van der Waals surface area contributed by atoms with E-state index in [4.69, 9.17) is 14.2 Å². The highest BCUT2D eigenvalue weighted by Crippen LogP contribution is 2.31. The summed E-state index contributed by atoms with van der Waals surface area (Å²) >= 11 is 1.30. The van der Waals surface area contributed by atoms with Crippen molar-refractivity contribution in [2.45, 2.75) is 5.16 Å². The first-order chi connectivity index (χ1) is 16.6. The summed E-state index contributed by atoms with van der Waals surface area (Å²) in [6, 6.07) is 22.6. The number of rotatable bonds is 9. The minimum Gasteiger partial charge on any atom is -0.497 e. The van der Waals surface area contributed by atoms with E-state index in [1.54, 1.807) is 39.5 Å². The lowest BCUT2D eigenvalue weighted by Crippen LogP contribution is -2.15. The van der Waals surface area contributed by atoms with Gasteiger partial charge in [-0.25, -0.2) is 0 Å². The fraction of sp³-hybridized carbons (Fsp3) is 0.160. The monoisotopic (exact) mass is 476 g/mol. The Labute approximate surface area is 201 Å². The molecule has 0 aliphatic heterocycles. The smallest absolute Gasteiger partial charge is 0.234 e.